The molecule has 2 aliphatic rings. The van der Waals surface area contributed by atoms with Crippen LogP contribution in [-0.2, 0) is 24.3 Å². The minimum atomic E-state index is 0.164. The Morgan fingerprint density at radius 1 is 1.21 bits per heavy atom. The van der Waals surface area contributed by atoms with Crippen molar-refractivity contribution in [1.29, 1.82) is 0 Å². The van der Waals surface area contributed by atoms with Gasteiger partial charge in [-0.3, -0.25) is 9.48 Å². The molecule has 0 spiro atoms. The third-order valence-corrected chi connectivity index (χ3v) is 6.15. The van der Waals surface area contributed by atoms with Gasteiger partial charge in [-0.05, 0) is 26.1 Å². The van der Waals surface area contributed by atoms with Crippen LogP contribution >= 0.6 is 0 Å². The minimum Gasteiger partial charge on any atom is -0.338 e. The first-order valence-electron chi connectivity index (χ1n) is 10.4. The normalized spacial score (nSPS) is 19.6. The number of fused-ring (bicyclic) bond motifs is 2. The quantitative estimate of drug-likeness (QED) is 0.683. The minimum absolute atomic E-state index is 0.164. The Morgan fingerprint density at radius 2 is 2.10 bits per heavy atom. The predicted molar refractivity (Wildman–Crippen MR) is 110 cm³/mol. The molecule has 1 aromatic carbocycles. The molecule has 7 nitrogen and oxygen atoms in total. The second-order valence-corrected chi connectivity index (χ2v) is 8.19. The SMILES string of the molecule is CN1CC[C@@H](c2ncc3c(n2)CCN(C(=O)CCn2ncc4ccccc42)C3)C1. The number of carbonyl (C=O) groups is 1. The number of amides is 1. The molecule has 1 saturated heterocycles. The van der Waals surface area contributed by atoms with Gasteiger partial charge in [0.05, 0.1) is 24.0 Å². The average molecular weight is 390 g/mol. The Morgan fingerprint density at radius 3 is 2.97 bits per heavy atom. The van der Waals surface area contributed by atoms with Crippen LogP contribution in [-0.4, -0.2) is 62.1 Å². The molecular formula is C22H26N6O. The molecule has 1 atom stereocenters. The largest absolute Gasteiger partial charge is 0.338 e. The van der Waals surface area contributed by atoms with Crippen molar-refractivity contribution in [2.24, 2.45) is 0 Å². The van der Waals surface area contributed by atoms with Crippen molar-refractivity contribution in [3.8, 4) is 0 Å². The molecule has 7 heteroatoms. The monoisotopic (exact) mass is 390 g/mol. The summed E-state index contributed by atoms with van der Waals surface area (Å²) < 4.78 is 1.92. The smallest absolute Gasteiger partial charge is 0.224 e. The summed E-state index contributed by atoms with van der Waals surface area (Å²) in [6, 6.07) is 8.09. The van der Waals surface area contributed by atoms with E-state index in [4.69, 9.17) is 4.98 Å². The first-order chi connectivity index (χ1) is 14.2. The van der Waals surface area contributed by atoms with Gasteiger partial charge in [-0.2, -0.15) is 5.10 Å². The Hall–Kier alpha value is -2.80. The molecule has 1 fully saturated rings. The number of benzene rings is 1. The zero-order chi connectivity index (χ0) is 19.8. The summed E-state index contributed by atoms with van der Waals surface area (Å²) in [4.78, 5) is 26.5. The number of hydrogen-bond acceptors (Lipinski definition) is 5. The number of nitrogens with zero attached hydrogens (tertiary/aromatic N) is 6. The number of aromatic nitrogens is 4. The van der Waals surface area contributed by atoms with E-state index in [-0.39, 0.29) is 5.91 Å². The van der Waals surface area contributed by atoms with Crippen LogP contribution in [0.1, 0.15) is 35.8 Å². The first kappa shape index (κ1) is 18.2. The molecule has 5 rings (SSSR count). The van der Waals surface area contributed by atoms with E-state index in [2.05, 4.69) is 22.0 Å². The lowest BCUT2D eigenvalue weighted by atomic mass is 10.0. The van der Waals surface area contributed by atoms with Crippen LogP contribution in [0.15, 0.2) is 36.7 Å². The fourth-order valence-corrected chi connectivity index (χ4v) is 4.45. The maximum atomic E-state index is 12.8. The highest BCUT2D eigenvalue weighted by Crippen LogP contribution is 2.25. The average Bonchev–Trinajstić information content (AvgIpc) is 3.37. The van der Waals surface area contributed by atoms with E-state index in [0.29, 0.717) is 25.4 Å². The van der Waals surface area contributed by atoms with Crippen molar-refractivity contribution in [3.63, 3.8) is 0 Å². The van der Waals surface area contributed by atoms with E-state index < -0.39 is 0 Å². The van der Waals surface area contributed by atoms with Gasteiger partial charge in [0, 0.05) is 55.5 Å². The number of likely N-dealkylation sites (tertiary alicyclic amines) is 1. The summed E-state index contributed by atoms with van der Waals surface area (Å²) in [5.41, 5.74) is 3.28. The van der Waals surface area contributed by atoms with Gasteiger partial charge >= 0.3 is 0 Å². The van der Waals surface area contributed by atoms with E-state index in [1.165, 1.54) is 0 Å². The molecule has 2 aromatic heterocycles. The van der Waals surface area contributed by atoms with Crippen molar-refractivity contribution < 1.29 is 4.79 Å². The second kappa shape index (κ2) is 7.55. The van der Waals surface area contributed by atoms with Gasteiger partial charge in [-0.1, -0.05) is 18.2 Å². The van der Waals surface area contributed by atoms with E-state index >= 15 is 0 Å². The van der Waals surface area contributed by atoms with Crippen molar-refractivity contribution in [3.05, 3.63) is 53.7 Å². The number of hydrogen-bond donors (Lipinski definition) is 0. The fraction of sp³-hybridized carbons (Fsp3) is 0.455. The summed E-state index contributed by atoms with van der Waals surface area (Å²) in [7, 11) is 2.15. The topological polar surface area (TPSA) is 67.2 Å². The Bertz CT molecular complexity index is 1040. The van der Waals surface area contributed by atoms with Crippen LogP contribution in [0.3, 0.4) is 0 Å². The highest BCUT2D eigenvalue weighted by Gasteiger charge is 2.27. The lowest BCUT2D eigenvalue weighted by molar-refractivity contribution is -0.132. The standard InChI is InChI=1S/C22H26N6O/c1-26-9-6-17(14-26)22-23-12-18-15-27(10-7-19(18)25-22)21(29)8-11-28-20-5-3-2-4-16(20)13-24-28/h2-5,12-13,17H,6-11,14-15H2,1H3/t17-/m1/s1. The van der Waals surface area contributed by atoms with Crippen LogP contribution < -0.4 is 0 Å². The maximum absolute atomic E-state index is 12.8. The van der Waals surface area contributed by atoms with Gasteiger partial charge in [0.2, 0.25) is 5.91 Å². The summed E-state index contributed by atoms with van der Waals surface area (Å²) in [6.45, 7) is 4.08. The van der Waals surface area contributed by atoms with E-state index in [0.717, 1.165) is 60.5 Å². The van der Waals surface area contributed by atoms with E-state index in [1.54, 1.807) is 0 Å². The third kappa shape index (κ3) is 3.62. The predicted octanol–water partition coefficient (Wildman–Crippen LogP) is 2.22. The van der Waals surface area contributed by atoms with Crippen LogP contribution in [0.5, 0.6) is 0 Å². The molecule has 0 aliphatic carbocycles. The van der Waals surface area contributed by atoms with Crippen molar-refractivity contribution >= 4 is 16.8 Å². The zero-order valence-electron chi connectivity index (χ0n) is 16.8. The molecule has 0 unspecified atom stereocenters. The van der Waals surface area contributed by atoms with Crippen molar-refractivity contribution in [2.75, 3.05) is 26.7 Å². The lowest BCUT2D eigenvalue weighted by Gasteiger charge is -2.28. The molecule has 1 amide bonds. The maximum Gasteiger partial charge on any atom is 0.224 e. The van der Waals surface area contributed by atoms with Gasteiger partial charge in [-0.25, -0.2) is 9.97 Å². The first-order valence-corrected chi connectivity index (χ1v) is 10.4. The summed E-state index contributed by atoms with van der Waals surface area (Å²) in [5, 5.41) is 5.53. The molecule has 0 bridgehead atoms. The fourth-order valence-electron chi connectivity index (χ4n) is 4.45. The summed E-state index contributed by atoms with van der Waals surface area (Å²) in [6.07, 6.45) is 6.19. The van der Waals surface area contributed by atoms with Gasteiger partial charge in [0.15, 0.2) is 0 Å². The molecule has 150 valence electrons. The van der Waals surface area contributed by atoms with Crippen molar-refractivity contribution in [2.45, 2.75) is 38.3 Å². The van der Waals surface area contributed by atoms with E-state index in [1.807, 2.05) is 46.2 Å². The number of aryl methyl sites for hydroxylation is 1. The molecule has 2 aliphatic heterocycles. The molecule has 0 radical (unpaired) electrons. The third-order valence-electron chi connectivity index (χ3n) is 6.15. The molecule has 3 aromatic rings. The van der Waals surface area contributed by atoms with Crippen LogP contribution in [0.4, 0.5) is 0 Å². The van der Waals surface area contributed by atoms with Gasteiger partial charge in [-0.15, -0.1) is 0 Å². The number of likely N-dealkylation sites (N-methyl/N-ethyl adjacent to an activating group) is 1. The highest BCUT2D eigenvalue weighted by atomic mass is 16.2. The Kier molecular flexibility index (Phi) is 4.75. The molecule has 0 N–H and O–H groups in total. The van der Waals surface area contributed by atoms with Gasteiger partial charge < -0.3 is 9.80 Å². The highest BCUT2D eigenvalue weighted by molar-refractivity contribution is 5.79. The summed E-state index contributed by atoms with van der Waals surface area (Å²) in [5.74, 6) is 1.57. The molecule has 0 saturated carbocycles. The molecule has 29 heavy (non-hydrogen) atoms. The Labute approximate surface area is 170 Å². The zero-order valence-corrected chi connectivity index (χ0v) is 16.8. The summed E-state index contributed by atoms with van der Waals surface area (Å²) >= 11 is 0. The lowest BCUT2D eigenvalue weighted by Crippen LogP contribution is -2.37. The number of para-hydroxylation sites is 1. The molecule has 4 heterocycles. The van der Waals surface area contributed by atoms with Crippen LogP contribution in [0.2, 0.25) is 0 Å². The Balaban J connectivity index is 1.23. The molecular weight excluding hydrogens is 364 g/mol. The van der Waals surface area contributed by atoms with Crippen LogP contribution in [0, 0.1) is 0 Å². The van der Waals surface area contributed by atoms with E-state index in [9.17, 15) is 4.79 Å². The second-order valence-electron chi connectivity index (χ2n) is 8.19. The number of carbonyl (C=O) groups excluding carboxylic acids is 1. The van der Waals surface area contributed by atoms with Gasteiger partial charge in [0.1, 0.15) is 5.82 Å². The van der Waals surface area contributed by atoms with Crippen LogP contribution in [0.25, 0.3) is 10.9 Å². The van der Waals surface area contributed by atoms with Gasteiger partial charge in [0.25, 0.3) is 0 Å². The van der Waals surface area contributed by atoms with Crippen molar-refractivity contribution in [1.82, 2.24) is 29.5 Å². The number of rotatable bonds is 4.